The lowest BCUT2D eigenvalue weighted by molar-refractivity contribution is 0.00720. The Morgan fingerprint density at radius 2 is 1.85 bits per heavy atom. The Bertz CT molecular complexity index is 1150. The van der Waals surface area contributed by atoms with Gasteiger partial charge >= 0.3 is 0 Å². The Labute approximate surface area is 229 Å². The molecule has 3 aliphatic rings. The number of rotatable bonds is 8. The van der Waals surface area contributed by atoms with Gasteiger partial charge in [0.25, 0.3) is 5.91 Å². The van der Waals surface area contributed by atoms with Gasteiger partial charge < -0.3 is 24.6 Å². The minimum absolute atomic E-state index is 0.196. The third-order valence-corrected chi connectivity index (χ3v) is 7.76. The molecule has 2 N–H and O–H groups in total. The summed E-state index contributed by atoms with van der Waals surface area (Å²) in [5.74, 6) is 0.680. The number of likely N-dealkylation sites (tertiary alicyclic amines) is 1. The highest BCUT2D eigenvalue weighted by molar-refractivity contribution is 5.97. The summed E-state index contributed by atoms with van der Waals surface area (Å²) in [7, 11) is 0. The van der Waals surface area contributed by atoms with E-state index in [-0.39, 0.29) is 25.1 Å². The zero-order valence-electron chi connectivity index (χ0n) is 22.8. The summed E-state index contributed by atoms with van der Waals surface area (Å²) >= 11 is 0. The largest absolute Gasteiger partial charge is 0.488 e. The smallest absolute Gasteiger partial charge is 0.257 e. The van der Waals surface area contributed by atoms with E-state index in [1.165, 1.54) is 11.1 Å². The molecule has 5 rings (SSSR count). The third kappa shape index (κ3) is 6.90. The Balaban J connectivity index is 1.20. The lowest BCUT2D eigenvalue weighted by Gasteiger charge is -2.35. The molecule has 2 aromatic rings. The Morgan fingerprint density at radius 1 is 1.05 bits per heavy atom. The van der Waals surface area contributed by atoms with Gasteiger partial charge in [-0.1, -0.05) is 24.3 Å². The number of nitrogens with zero attached hydrogens (tertiary/aromatic N) is 3. The van der Waals surface area contributed by atoms with Crippen LogP contribution in [0.15, 0.2) is 42.5 Å². The Kier molecular flexibility index (Phi) is 8.71. The van der Waals surface area contributed by atoms with Crippen molar-refractivity contribution in [2.45, 2.75) is 63.8 Å². The number of carbonyl (C=O) groups is 1. The van der Waals surface area contributed by atoms with E-state index in [1.54, 1.807) is 30.0 Å². The maximum Gasteiger partial charge on any atom is 0.257 e. The topological polar surface area (TPSA) is 85.7 Å². The van der Waals surface area contributed by atoms with Gasteiger partial charge in [-0.05, 0) is 49.9 Å². The number of aliphatic hydroxyl groups is 2. The molecular weight excluding hydrogens is 501 g/mol. The van der Waals surface area contributed by atoms with Gasteiger partial charge in [0.15, 0.2) is 0 Å². The number of carbonyl (C=O) groups excluding carboxylic acids is 1. The van der Waals surface area contributed by atoms with Gasteiger partial charge in [0.2, 0.25) is 0 Å². The van der Waals surface area contributed by atoms with E-state index in [1.807, 2.05) is 17.9 Å². The van der Waals surface area contributed by atoms with Crippen LogP contribution in [0.25, 0.3) is 0 Å². The molecule has 0 aliphatic carbocycles. The molecule has 1 saturated heterocycles. The van der Waals surface area contributed by atoms with Crippen molar-refractivity contribution in [3.63, 3.8) is 0 Å². The van der Waals surface area contributed by atoms with Crippen molar-refractivity contribution >= 4 is 5.91 Å². The molecule has 8 nitrogen and oxygen atoms in total. The second-order valence-corrected chi connectivity index (χ2v) is 11.3. The van der Waals surface area contributed by atoms with Crippen molar-refractivity contribution in [2.75, 3.05) is 45.8 Å². The van der Waals surface area contributed by atoms with Crippen molar-refractivity contribution in [2.24, 2.45) is 0 Å². The average Bonchev–Trinajstić information content (AvgIpc) is 3.00. The SMILES string of the molecule is CC(O)CN1CC[C@@H](Oc2ccc3c(c2)OC(C)CN(CC(O)CN2CCc4ccccc4C2)C3=O)[C@H](F)C1. The average molecular weight is 542 g/mol. The number of benzene rings is 2. The van der Waals surface area contributed by atoms with Crippen molar-refractivity contribution in [1.29, 1.82) is 0 Å². The van der Waals surface area contributed by atoms with Gasteiger partial charge in [-0.3, -0.25) is 14.6 Å². The van der Waals surface area contributed by atoms with Crippen molar-refractivity contribution in [3.05, 3.63) is 59.2 Å². The normalized spacial score (nSPS) is 25.7. The third-order valence-electron chi connectivity index (χ3n) is 7.76. The summed E-state index contributed by atoms with van der Waals surface area (Å²) in [6, 6.07) is 13.4. The van der Waals surface area contributed by atoms with Gasteiger partial charge in [-0.15, -0.1) is 0 Å². The summed E-state index contributed by atoms with van der Waals surface area (Å²) in [6.07, 6.45) is -1.77. The minimum Gasteiger partial charge on any atom is -0.488 e. The number of piperidine rings is 1. The number of ether oxygens (including phenoxy) is 2. The summed E-state index contributed by atoms with van der Waals surface area (Å²) in [4.78, 5) is 19.2. The van der Waals surface area contributed by atoms with Crippen LogP contribution in [-0.2, 0) is 13.0 Å². The lowest BCUT2D eigenvalue weighted by atomic mass is 10.00. The van der Waals surface area contributed by atoms with Gasteiger partial charge in [0, 0.05) is 51.9 Å². The van der Waals surface area contributed by atoms with Crippen LogP contribution in [0.2, 0.25) is 0 Å². The molecule has 0 saturated carbocycles. The molecule has 3 unspecified atom stereocenters. The van der Waals surface area contributed by atoms with Crippen LogP contribution in [0, 0.1) is 0 Å². The van der Waals surface area contributed by atoms with Crippen LogP contribution >= 0.6 is 0 Å². The summed E-state index contributed by atoms with van der Waals surface area (Å²) in [5.41, 5.74) is 3.07. The van der Waals surface area contributed by atoms with E-state index in [0.29, 0.717) is 49.7 Å². The van der Waals surface area contributed by atoms with Crippen LogP contribution in [0.3, 0.4) is 0 Å². The van der Waals surface area contributed by atoms with Crippen LogP contribution in [0.5, 0.6) is 11.5 Å². The number of alkyl halides is 1. The highest BCUT2D eigenvalue weighted by Gasteiger charge is 2.33. The number of hydrogen-bond acceptors (Lipinski definition) is 7. The fraction of sp³-hybridized carbons (Fsp3) is 0.567. The number of β-amino-alcohol motifs (C(OH)–C–C–N with tert-alkyl or cyclic N) is 2. The summed E-state index contributed by atoms with van der Waals surface area (Å²) in [5, 5.41) is 20.5. The monoisotopic (exact) mass is 541 g/mol. The second kappa shape index (κ2) is 12.2. The van der Waals surface area contributed by atoms with Crippen molar-refractivity contribution < 1.29 is 28.9 Å². The standard InChI is InChI=1S/C30H40FN3O5/c1-20(35)14-32-12-10-28(27(31)19-32)39-25-7-8-26-29(13-25)38-21(2)15-34(30(26)37)18-24(36)17-33-11-9-22-5-3-4-6-23(22)16-33/h3-8,13,20-21,24,27-28,35-36H,9-12,14-19H2,1-2H3/t20?,21?,24?,27-,28-/m1/s1. The molecule has 2 aromatic carbocycles. The Morgan fingerprint density at radius 3 is 2.62 bits per heavy atom. The molecule has 0 aromatic heterocycles. The first-order chi connectivity index (χ1) is 18.7. The molecule has 0 bridgehead atoms. The first kappa shape index (κ1) is 27.8. The highest BCUT2D eigenvalue weighted by atomic mass is 19.1. The maximum atomic E-state index is 14.8. The Hall–Kier alpha value is -2.72. The van der Waals surface area contributed by atoms with Gasteiger partial charge in [0.05, 0.1) is 24.3 Å². The van der Waals surface area contributed by atoms with E-state index in [0.717, 1.165) is 19.5 Å². The van der Waals surface area contributed by atoms with Crippen LogP contribution in [-0.4, -0.2) is 107 Å². The molecule has 212 valence electrons. The molecule has 0 spiro atoms. The van der Waals surface area contributed by atoms with Crippen LogP contribution in [0.4, 0.5) is 4.39 Å². The number of halogens is 1. The zero-order valence-corrected chi connectivity index (χ0v) is 22.8. The highest BCUT2D eigenvalue weighted by Crippen LogP contribution is 2.31. The number of fused-ring (bicyclic) bond motifs is 2. The molecule has 9 heteroatoms. The predicted molar refractivity (Wildman–Crippen MR) is 146 cm³/mol. The quantitative estimate of drug-likeness (QED) is 0.531. The molecule has 1 fully saturated rings. The zero-order chi connectivity index (χ0) is 27.5. The lowest BCUT2D eigenvalue weighted by Crippen LogP contribution is -2.48. The van der Waals surface area contributed by atoms with Gasteiger partial charge in [-0.25, -0.2) is 4.39 Å². The van der Waals surface area contributed by atoms with E-state index in [9.17, 15) is 19.4 Å². The van der Waals surface area contributed by atoms with Crippen LogP contribution < -0.4 is 9.47 Å². The van der Waals surface area contributed by atoms with E-state index < -0.39 is 24.5 Å². The number of amides is 1. The molecule has 3 aliphatic heterocycles. The summed E-state index contributed by atoms with van der Waals surface area (Å²) in [6.45, 7) is 7.65. The summed E-state index contributed by atoms with van der Waals surface area (Å²) < 4.78 is 26.9. The fourth-order valence-electron chi connectivity index (χ4n) is 5.94. The molecule has 0 radical (unpaired) electrons. The molecule has 3 heterocycles. The minimum atomic E-state index is -1.18. The van der Waals surface area contributed by atoms with Gasteiger partial charge in [-0.2, -0.15) is 0 Å². The molecule has 5 atom stereocenters. The van der Waals surface area contributed by atoms with Crippen LogP contribution in [0.1, 0.15) is 41.8 Å². The second-order valence-electron chi connectivity index (χ2n) is 11.3. The molecule has 1 amide bonds. The first-order valence-corrected chi connectivity index (χ1v) is 14.0. The first-order valence-electron chi connectivity index (χ1n) is 14.0. The molecule has 39 heavy (non-hydrogen) atoms. The predicted octanol–water partition coefficient (Wildman–Crippen LogP) is 2.50. The van der Waals surface area contributed by atoms with E-state index in [2.05, 4.69) is 23.1 Å². The van der Waals surface area contributed by atoms with Gasteiger partial charge in [0.1, 0.15) is 29.9 Å². The van der Waals surface area contributed by atoms with Crippen molar-refractivity contribution in [1.82, 2.24) is 14.7 Å². The molecular formula is C30H40FN3O5. The number of aliphatic hydroxyl groups excluding tert-OH is 2. The fourth-order valence-corrected chi connectivity index (χ4v) is 5.94. The maximum absolute atomic E-state index is 14.8. The van der Waals surface area contributed by atoms with E-state index >= 15 is 0 Å². The van der Waals surface area contributed by atoms with E-state index in [4.69, 9.17) is 9.47 Å². The van der Waals surface area contributed by atoms with Crippen molar-refractivity contribution in [3.8, 4) is 11.5 Å². The number of hydrogen-bond donors (Lipinski definition) is 2.